The van der Waals surface area contributed by atoms with Crippen molar-refractivity contribution >= 4 is 152 Å². The molecule has 0 bridgehead atoms. The SMILES string of the molecule is c1ccc(-n2c3ccccc3c3cc(-c4ccc5c(c4)c4cc(-c6ccc7c(c6)c6ccccc6n7-c6ccccc6)ccc4n5-c4ccc(Oc5ccc6ccccc6c5)cc4)ccc32)cc1.c1ccc(-n2c3ccccc3c3cc(-c4ccc5c(c4)c4cc(-c6ccc7c(c6)c6ccccc6n7-c6ccccc6)ccc4n5-c4ccc(Oc5cccc6ccccc56)cc4)ccc32)cc1. The highest BCUT2D eigenvalue weighted by atomic mass is 16.5. The van der Waals surface area contributed by atoms with Gasteiger partial charge in [-0.1, -0.05) is 261 Å². The zero-order valence-corrected chi connectivity index (χ0v) is 73.8. The molecule has 0 fully saturated rings. The maximum absolute atomic E-state index is 6.52. The molecule has 0 saturated carbocycles. The van der Waals surface area contributed by atoms with Gasteiger partial charge in [-0.05, 0) is 297 Å². The average Bonchev–Trinajstić information content (AvgIpc) is 1.57. The largest absolute Gasteiger partial charge is 0.457 e. The van der Waals surface area contributed by atoms with Crippen molar-refractivity contribution in [1.82, 2.24) is 27.4 Å². The first kappa shape index (κ1) is 77.7. The van der Waals surface area contributed by atoms with Crippen molar-refractivity contribution in [2.24, 2.45) is 0 Å². The van der Waals surface area contributed by atoms with Crippen LogP contribution in [-0.4, -0.2) is 27.4 Å². The monoisotopic (exact) mass is 1730 g/mol. The summed E-state index contributed by atoms with van der Waals surface area (Å²) in [5, 5.41) is 19.3. The van der Waals surface area contributed by atoms with Crippen molar-refractivity contribution in [1.29, 1.82) is 0 Å². The molecule has 0 atom stereocenters. The minimum atomic E-state index is 0.794. The Labute approximate surface area is 782 Å². The third kappa shape index (κ3) is 13.0. The van der Waals surface area contributed by atoms with Crippen LogP contribution in [0.4, 0.5) is 0 Å². The fraction of sp³-hybridized carbons (Fsp3) is 0. The summed E-state index contributed by atoms with van der Waals surface area (Å²) in [4.78, 5) is 0. The van der Waals surface area contributed by atoms with Crippen LogP contribution in [0, 0.1) is 0 Å². The smallest absolute Gasteiger partial charge is 0.135 e. The standard InChI is InChI=1S/2C64H41N3O/c1-3-16-47(17-4-1)65-58-23-11-9-21-52(58)54-38-43(26-34-60(54)65)45-28-36-62-56(40-45)57-41-46(44-27-35-61-55(39-44)53-22-10-12-24-59(53)66(61)48-18-5-2-6-19-48)29-37-63(57)67(62)49-30-32-50(33-31-49)68-64-25-13-15-42-14-7-8-20-51(42)64;1-3-15-48(16-4-1)65-59-21-11-9-19-53(59)55-38-44(24-33-61(55)65)46-26-35-63-57(40-46)58-41-47(45-25-34-62-56(39-45)54-20-10-12-22-60(54)66(62)49-17-5-2-6-18-49)27-36-64(58)67(63)50-28-31-51(32-29-50)68-52-30-23-42-13-7-8-14-43(42)37-52/h2*1-41H. The molecule has 0 amide bonds. The van der Waals surface area contributed by atoms with Gasteiger partial charge >= 0.3 is 0 Å². The van der Waals surface area contributed by atoms with Crippen molar-refractivity contribution in [2.75, 3.05) is 0 Å². The van der Waals surface area contributed by atoms with E-state index >= 15 is 0 Å². The number of aromatic nitrogens is 6. The minimum absolute atomic E-state index is 0.794. The lowest BCUT2D eigenvalue weighted by Crippen LogP contribution is -1.94. The third-order valence-corrected chi connectivity index (χ3v) is 27.7. The van der Waals surface area contributed by atoms with E-state index in [1.807, 2.05) is 12.1 Å². The van der Waals surface area contributed by atoms with Crippen LogP contribution in [-0.2, 0) is 0 Å². The highest BCUT2D eigenvalue weighted by Gasteiger charge is 2.24. The van der Waals surface area contributed by atoms with Gasteiger partial charge in [-0.3, -0.25) is 0 Å². The van der Waals surface area contributed by atoms with Crippen LogP contribution in [0.2, 0.25) is 0 Å². The lowest BCUT2D eigenvalue weighted by molar-refractivity contribution is 0.483. The first-order valence-corrected chi connectivity index (χ1v) is 46.5. The first-order chi connectivity index (χ1) is 67.4. The highest BCUT2D eigenvalue weighted by molar-refractivity contribution is 6.18. The molecule has 6 heterocycles. The molecule has 8 heteroatoms. The molecule has 22 aromatic carbocycles. The normalized spacial score (nSPS) is 11.8. The number of hydrogen-bond donors (Lipinski definition) is 0. The summed E-state index contributed by atoms with van der Waals surface area (Å²) in [6.07, 6.45) is 0. The minimum Gasteiger partial charge on any atom is -0.457 e. The van der Waals surface area contributed by atoms with E-state index in [4.69, 9.17) is 9.47 Å². The fourth-order valence-electron chi connectivity index (χ4n) is 21.5. The molecule has 0 saturated heterocycles. The first-order valence-electron chi connectivity index (χ1n) is 46.5. The summed E-state index contributed by atoms with van der Waals surface area (Å²) in [7, 11) is 0. The number of benzene rings is 22. The van der Waals surface area contributed by atoms with Crippen LogP contribution >= 0.6 is 0 Å². The third-order valence-electron chi connectivity index (χ3n) is 27.7. The van der Waals surface area contributed by atoms with Crippen LogP contribution < -0.4 is 9.47 Å². The second kappa shape index (κ2) is 31.8. The van der Waals surface area contributed by atoms with E-state index in [9.17, 15) is 0 Å². The van der Waals surface area contributed by atoms with Crippen molar-refractivity contribution in [2.45, 2.75) is 0 Å². The maximum Gasteiger partial charge on any atom is 0.135 e. The molecule has 636 valence electrons. The molecule has 0 aliphatic carbocycles. The molecule has 28 rings (SSSR count). The Morgan fingerprint density at radius 3 is 0.647 bits per heavy atom. The van der Waals surface area contributed by atoms with Gasteiger partial charge in [-0.25, -0.2) is 0 Å². The average molecular weight is 1740 g/mol. The topological polar surface area (TPSA) is 48.0 Å². The molecule has 0 aliphatic heterocycles. The molecule has 6 aromatic heterocycles. The summed E-state index contributed by atoms with van der Waals surface area (Å²) in [5.41, 5.74) is 30.4. The van der Waals surface area contributed by atoms with Gasteiger partial charge in [0.05, 0.1) is 66.2 Å². The van der Waals surface area contributed by atoms with Gasteiger partial charge in [0.15, 0.2) is 0 Å². The number of hydrogen-bond acceptors (Lipinski definition) is 2. The Bertz CT molecular complexity index is 9220. The van der Waals surface area contributed by atoms with Gasteiger partial charge in [0.1, 0.15) is 23.0 Å². The Balaban J connectivity index is 0.000000138. The van der Waals surface area contributed by atoms with E-state index in [-0.39, 0.29) is 0 Å². The van der Waals surface area contributed by atoms with Gasteiger partial charge in [0.25, 0.3) is 0 Å². The Morgan fingerprint density at radius 1 is 0.118 bits per heavy atom. The van der Waals surface area contributed by atoms with Crippen LogP contribution in [0.1, 0.15) is 0 Å². The van der Waals surface area contributed by atoms with Gasteiger partial charge < -0.3 is 36.9 Å². The number of ether oxygens (including phenoxy) is 2. The molecular formula is C128H82N6O2. The van der Waals surface area contributed by atoms with Gasteiger partial charge in [-0.2, -0.15) is 0 Å². The fourth-order valence-corrected chi connectivity index (χ4v) is 21.5. The Morgan fingerprint density at radius 2 is 0.338 bits per heavy atom. The van der Waals surface area contributed by atoms with Crippen molar-refractivity contribution in [3.05, 3.63) is 497 Å². The van der Waals surface area contributed by atoms with Gasteiger partial charge in [0, 0.05) is 104 Å². The van der Waals surface area contributed by atoms with E-state index < -0.39 is 0 Å². The number of para-hydroxylation sites is 8. The zero-order chi connectivity index (χ0) is 89.4. The highest BCUT2D eigenvalue weighted by Crippen LogP contribution is 2.47. The molecular weight excluding hydrogens is 1650 g/mol. The van der Waals surface area contributed by atoms with Crippen molar-refractivity contribution < 1.29 is 9.47 Å². The summed E-state index contributed by atoms with van der Waals surface area (Å²) in [6.45, 7) is 0. The van der Waals surface area contributed by atoms with Crippen LogP contribution in [0.15, 0.2) is 497 Å². The summed E-state index contributed by atoms with van der Waals surface area (Å²) in [5.74, 6) is 3.25. The van der Waals surface area contributed by atoms with Crippen LogP contribution in [0.3, 0.4) is 0 Å². The lowest BCUT2D eigenvalue weighted by atomic mass is 9.98. The molecule has 8 nitrogen and oxygen atoms in total. The van der Waals surface area contributed by atoms with E-state index in [1.54, 1.807) is 0 Å². The van der Waals surface area contributed by atoms with E-state index in [2.05, 4.69) is 513 Å². The maximum atomic E-state index is 6.52. The predicted molar refractivity (Wildman–Crippen MR) is 569 cm³/mol. The Hall–Kier alpha value is -18.2. The van der Waals surface area contributed by atoms with Crippen LogP contribution in [0.5, 0.6) is 23.0 Å². The van der Waals surface area contributed by atoms with E-state index in [1.165, 1.54) is 159 Å². The second-order valence-corrected chi connectivity index (χ2v) is 35.5. The molecule has 28 aromatic rings. The van der Waals surface area contributed by atoms with Gasteiger partial charge in [-0.15, -0.1) is 0 Å². The Kier molecular flexibility index (Phi) is 18.2. The van der Waals surface area contributed by atoms with E-state index in [0.717, 1.165) is 95.3 Å². The zero-order valence-electron chi connectivity index (χ0n) is 73.8. The second-order valence-electron chi connectivity index (χ2n) is 35.5. The molecule has 0 spiro atoms. The molecule has 0 aliphatic rings. The van der Waals surface area contributed by atoms with E-state index in [0.29, 0.717) is 0 Å². The van der Waals surface area contributed by atoms with Crippen molar-refractivity contribution in [3.8, 4) is 102 Å². The molecule has 0 radical (unpaired) electrons. The molecule has 0 N–H and O–H groups in total. The number of fused-ring (bicyclic) bond motifs is 20. The molecule has 136 heavy (non-hydrogen) atoms. The summed E-state index contributed by atoms with van der Waals surface area (Å²) >= 11 is 0. The lowest BCUT2D eigenvalue weighted by Gasteiger charge is -2.12. The van der Waals surface area contributed by atoms with Crippen LogP contribution in [0.25, 0.3) is 231 Å². The predicted octanol–water partition coefficient (Wildman–Crippen LogP) is 34.5. The quantitative estimate of drug-likeness (QED) is 0.109. The number of nitrogens with zero attached hydrogens (tertiary/aromatic N) is 6. The molecule has 0 unspecified atom stereocenters. The summed E-state index contributed by atoms with van der Waals surface area (Å²) in [6, 6.07) is 179. The number of rotatable bonds is 14. The van der Waals surface area contributed by atoms with Gasteiger partial charge in [0.2, 0.25) is 0 Å². The summed E-state index contributed by atoms with van der Waals surface area (Å²) < 4.78 is 27.2. The van der Waals surface area contributed by atoms with Crippen molar-refractivity contribution in [3.63, 3.8) is 0 Å².